The summed E-state index contributed by atoms with van der Waals surface area (Å²) < 4.78 is 24.8. The van der Waals surface area contributed by atoms with Crippen molar-refractivity contribution in [2.24, 2.45) is 11.8 Å². The first-order valence-electron chi connectivity index (χ1n) is 14.8. The molecule has 0 bridgehead atoms. The molecule has 3 atom stereocenters. The van der Waals surface area contributed by atoms with E-state index >= 15 is 0 Å². The van der Waals surface area contributed by atoms with Crippen molar-refractivity contribution < 1.29 is 48.3 Å². The lowest BCUT2D eigenvalue weighted by molar-refractivity contribution is -0.146. The van der Waals surface area contributed by atoms with E-state index in [-0.39, 0.29) is 37.3 Å². The quantitative estimate of drug-likeness (QED) is 0.234. The molecule has 2 aliphatic heterocycles. The highest BCUT2D eigenvalue weighted by Crippen LogP contribution is 2.52. The number of carboxylic acids is 2. The van der Waals surface area contributed by atoms with Crippen LogP contribution in [0.5, 0.6) is 23.0 Å². The fourth-order valence-corrected chi connectivity index (χ4v) is 7.14. The van der Waals surface area contributed by atoms with Crippen LogP contribution in [0.4, 0.5) is 0 Å². The van der Waals surface area contributed by atoms with E-state index in [9.17, 15) is 24.3 Å². The first-order chi connectivity index (χ1) is 21.8. The molecule has 0 fully saturated rings. The van der Waals surface area contributed by atoms with Crippen molar-refractivity contribution in [2.45, 2.75) is 65.7 Å². The molecule has 46 heavy (non-hydrogen) atoms. The van der Waals surface area contributed by atoms with Crippen molar-refractivity contribution in [3.63, 3.8) is 0 Å². The topological polar surface area (TPSA) is 152 Å². The Morgan fingerprint density at radius 1 is 0.826 bits per heavy atom. The molecule has 0 aromatic heterocycles. The molecule has 2 unspecified atom stereocenters. The van der Waals surface area contributed by atoms with E-state index in [0.29, 0.717) is 64.6 Å². The van der Waals surface area contributed by atoms with Crippen molar-refractivity contribution >= 4 is 55.6 Å². The summed E-state index contributed by atoms with van der Waals surface area (Å²) in [5.41, 5.74) is 3.57. The Labute approximate surface area is 284 Å². The van der Waals surface area contributed by atoms with Gasteiger partial charge in [-0.15, -0.1) is 0 Å². The van der Waals surface area contributed by atoms with Gasteiger partial charge in [0.2, 0.25) is 11.8 Å². The highest BCUT2D eigenvalue weighted by Gasteiger charge is 2.38. The number of ether oxygens (including phenoxy) is 4. The molecule has 12 nitrogen and oxygen atoms in total. The molecule has 4 rings (SSSR count). The van der Waals surface area contributed by atoms with Crippen LogP contribution < -0.4 is 18.9 Å². The number of amides is 2. The van der Waals surface area contributed by atoms with Gasteiger partial charge in [-0.25, -0.2) is 0 Å². The van der Waals surface area contributed by atoms with E-state index in [0.717, 1.165) is 22.3 Å². The van der Waals surface area contributed by atoms with Gasteiger partial charge in [0.1, 0.15) is 0 Å². The van der Waals surface area contributed by atoms with Gasteiger partial charge >= 0.3 is 11.9 Å². The number of nitrogens with zero attached hydrogens (tertiary/aromatic N) is 2. The highest BCUT2D eigenvalue weighted by atomic mass is 79.9. The van der Waals surface area contributed by atoms with Gasteiger partial charge in [-0.1, -0.05) is 13.8 Å². The van der Waals surface area contributed by atoms with Crippen molar-refractivity contribution in [1.29, 1.82) is 0 Å². The number of methoxy groups -OCH3 is 2. The van der Waals surface area contributed by atoms with Crippen molar-refractivity contribution in [2.75, 3.05) is 27.4 Å². The monoisotopic (exact) mass is 768 g/mol. The standard InChI is InChI=1S/C32H38Br2N2O10/c1-16(31(39)40)9-24(37)35-13-19-11-22(43-4)23(12-20(19)14-35)45-7-6-8-46-30-28(34)26-18(3)36(25(38)10-17(2)32(41)42)15-21(26)27(33)29(30)44-5/h11-12,16-18H,6-10,13-15H2,1-5H3,(H,39,40)(H,41,42)/t16-,17?,18?/m0/s1. The smallest absolute Gasteiger partial charge is 0.306 e. The third-order valence-corrected chi connectivity index (χ3v) is 9.95. The fourth-order valence-electron chi connectivity index (χ4n) is 5.59. The van der Waals surface area contributed by atoms with Crippen LogP contribution in [0.2, 0.25) is 0 Å². The molecule has 2 N–H and O–H groups in total. The molecule has 2 aromatic rings. The molecule has 0 radical (unpaired) electrons. The summed E-state index contributed by atoms with van der Waals surface area (Å²) in [5.74, 6) is -2.01. The second-order valence-corrected chi connectivity index (χ2v) is 13.1. The molecule has 2 amide bonds. The van der Waals surface area contributed by atoms with Crippen LogP contribution in [-0.2, 0) is 38.8 Å². The number of rotatable bonds is 14. The minimum Gasteiger partial charge on any atom is -0.493 e. The van der Waals surface area contributed by atoms with Crippen molar-refractivity contribution in [3.8, 4) is 23.0 Å². The van der Waals surface area contributed by atoms with Crippen molar-refractivity contribution in [1.82, 2.24) is 9.80 Å². The summed E-state index contributed by atoms with van der Waals surface area (Å²) in [6.45, 7) is 6.57. The largest absolute Gasteiger partial charge is 0.493 e. The van der Waals surface area contributed by atoms with Gasteiger partial charge in [0.25, 0.3) is 0 Å². The van der Waals surface area contributed by atoms with Crippen LogP contribution in [0, 0.1) is 11.8 Å². The number of fused-ring (bicyclic) bond motifs is 2. The predicted molar refractivity (Wildman–Crippen MR) is 173 cm³/mol. The molecule has 0 saturated carbocycles. The zero-order valence-electron chi connectivity index (χ0n) is 26.4. The van der Waals surface area contributed by atoms with Gasteiger partial charge in [0.15, 0.2) is 23.0 Å². The average Bonchev–Trinajstić information content (AvgIpc) is 3.59. The van der Waals surface area contributed by atoms with E-state index in [4.69, 9.17) is 24.1 Å². The molecular formula is C32H38Br2N2O10. The summed E-state index contributed by atoms with van der Waals surface area (Å²) in [4.78, 5) is 51.4. The Kier molecular flexibility index (Phi) is 11.5. The van der Waals surface area contributed by atoms with E-state index in [2.05, 4.69) is 31.9 Å². The van der Waals surface area contributed by atoms with E-state index < -0.39 is 23.8 Å². The maximum absolute atomic E-state index is 13.0. The zero-order chi connectivity index (χ0) is 33.9. The number of aliphatic carboxylic acids is 2. The van der Waals surface area contributed by atoms with E-state index in [1.165, 1.54) is 21.0 Å². The van der Waals surface area contributed by atoms with Gasteiger partial charge in [0, 0.05) is 38.9 Å². The van der Waals surface area contributed by atoms with E-state index in [1.807, 2.05) is 19.1 Å². The molecule has 0 spiro atoms. The third-order valence-electron chi connectivity index (χ3n) is 8.33. The SMILES string of the molecule is COc1cc2c(cc1OCCCOc1c(Br)c3c(c(Br)c1OC)CN(C(=O)CC(C)C(=O)O)C3C)CN(C(=O)C[C@H](C)C(=O)O)C2. The number of carboxylic acid groups (broad SMARTS) is 2. The average molecular weight is 770 g/mol. The Bertz CT molecular complexity index is 1530. The lowest BCUT2D eigenvalue weighted by Gasteiger charge is -2.23. The van der Waals surface area contributed by atoms with Gasteiger partial charge in [-0.05, 0) is 73.2 Å². The van der Waals surface area contributed by atoms with E-state index in [1.54, 1.807) is 16.9 Å². The molecule has 2 aromatic carbocycles. The number of carbonyl (C=O) groups is 4. The number of carbonyl (C=O) groups excluding carboxylic acids is 2. The Morgan fingerprint density at radius 3 is 1.96 bits per heavy atom. The molecule has 14 heteroatoms. The number of halogens is 2. The summed E-state index contributed by atoms with van der Waals surface area (Å²) >= 11 is 7.31. The lowest BCUT2D eigenvalue weighted by Crippen LogP contribution is -2.30. The van der Waals surface area contributed by atoms with Gasteiger partial charge in [0.05, 0.1) is 54.3 Å². The zero-order valence-corrected chi connectivity index (χ0v) is 29.5. The van der Waals surface area contributed by atoms with Crippen LogP contribution in [0.1, 0.15) is 68.3 Å². The summed E-state index contributed by atoms with van der Waals surface area (Å²) in [6.07, 6.45) is 0.350. The second kappa shape index (κ2) is 14.9. The minimum atomic E-state index is -1.01. The molecule has 0 saturated heterocycles. The Morgan fingerprint density at radius 2 is 1.39 bits per heavy atom. The molecular weight excluding hydrogens is 732 g/mol. The van der Waals surface area contributed by atoms with Gasteiger partial charge in [-0.3, -0.25) is 19.2 Å². The summed E-state index contributed by atoms with van der Waals surface area (Å²) in [5, 5.41) is 18.4. The fraction of sp³-hybridized carbons (Fsp3) is 0.500. The molecule has 0 aliphatic carbocycles. The maximum atomic E-state index is 13.0. The van der Waals surface area contributed by atoms with Crippen LogP contribution in [-0.4, -0.2) is 71.2 Å². The van der Waals surface area contributed by atoms with Crippen molar-refractivity contribution in [3.05, 3.63) is 43.3 Å². The first kappa shape index (κ1) is 35.3. The molecule has 2 heterocycles. The number of hydrogen-bond donors (Lipinski definition) is 2. The van der Waals surface area contributed by atoms with Gasteiger partial charge in [-0.2, -0.15) is 0 Å². The highest BCUT2D eigenvalue weighted by molar-refractivity contribution is 9.11. The van der Waals surface area contributed by atoms with Crippen LogP contribution in [0.25, 0.3) is 0 Å². The molecule has 250 valence electrons. The Balaban J connectivity index is 1.39. The second-order valence-electron chi connectivity index (χ2n) is 11.5. The predicted octanol–water partition coefficient (Wildman–Crippen LogP) is 5.54. The Hall–Kier alpha value is -3.52. The van der Waals surface area contributed by atoms with Crippen LogP contribution >= 0.6 is 31.9 Å². The maximum Gasteiger partial charge on any atom is 0.306 e. The first-order valence-corrected chi connectivity index (χ1v) is 16.4. The van der Waals surface area contributed by atoms with Crippen LogP contribution in [0.3, 0.4) is 0 Å². The summed E-state index contributed by atoms with van der Waals surface area (Å²) in [6, 6.07) is 3.38. The molecule has 2 aliphatic rings. The normalized spacial score (nSPS) is 16.4. The third kappa shape index (κ3) is 7.38. The van der Waals surface area contributed by atoms with Gasteiger partial charge < -0.3 is 39.0 Å². The minimum absolute atomic E-state index is 0.0626. The number of hydrogen-bond acceptors (Lipinski definition) is 8. The lowest BCUT2D eigenvalue weighted by atomic mass is 10.0. The number of benzene rings is 2. The van der Waals surface area contributed by atoms with Crippen LogP contribution in [0.15, 0.2) is 21.1 Å². The summed E-state index contributed by atoms with van der Waals surface area (Å²) in [7, 11) is 3.08.